The van der Waals surface area contributed by atoms with Gasteiger partial charge in [0.15, 0.2) is 5.82 Å². The van der Waals surface area contributed by atoms with Gasteiger partial charge in [-0.2, -0.15) is 4.31 Å². The first-order valence-electron chi connectivity index (χ1n) is 10.6. The molecule has 1 aliphatic rings. The maximum absolute atomic E-state index is 13.3. The standard InChI is InChI=1S/C23H25BrN4O4S/c1-3-32-21-9-7-18(24)16-22(21)33(29,30)28-13-11-27(12-14-28)23-10-8-20(25-26-23)17-5-4-6-19(15-17)31-2/h4-10,15-16H,3,11-14H2,1-2H3. The number of hydrogen-bond acceptors (Lipinski definition) is 7. The zero-order valence-corrected chi connectivity index (χ0v) is 20.8. The van der Waals surface area contributed by atoms with E-state index in [-0.39, 0.29) is 4.90 Å². The topological polar surface area (TPSA) is 84.9 Å². The summed E-state index contributed by atoms with van der Waals surface area (Å²) in [5.41, 5.74) is 1.67. The summed E-state index contributed by atoms with van der Waals surface area (Å²) >= 11 is 3.37. The third-order valence-corrected chi connectivity index (χ3v) is 7.82. The zero-order chi connectivity index (χ0) is 23.4. The molecule has 2 aromatic carbocycles. The van der Waals surface area contributed by atoms with Crippen LogP contribution in [0.5, 0.6) is 11.5 Å². The van der Waals surface area contributed by atoms with Crippen molar-refractivity contribution in [3.63, 3.8) is 0 Å². The minimum absolute atomic E-state index is 0.176. The van der Waals surface area contributed by atoms with E-state index in [2.05, 4.69) is 26.1 Å². The number of aromatic nitrogens is 2. The Balaban J connectivity index is 1.46. The molecule has 0 atom stereocenters. The SMILES string of the molecule is CCOc1ccc(Br)cc1S(=O)(=O)N1CCN(c2ccc(-c3cccc(OC)c3)nn2)CC1. The van der Waals surface area contributed by atoms with Crippen molar-refractivity contribution >= 4 is 31.8 Å². The summed E-state index contributed by atoms with van der Waals surface area (Å²) in [5, 5.41) is 8.73. The van der Waals surface area contributed by atoms with E-state index < -0.39 is 10.0 Å². The summed E-state index contributed by atoms with van der Waals surface area (Å²) in [5.74, 6) is 1.84. The molecule has 0 amide bonds. The van der Waals surface area contributed by atoms with Gasteiger partial charge in [-0.1, -0.05) is 28.1 Å². The number of anilines is 1. The molecule has 1 aliphatic heterocycles. The molecule has 0 unspecified atom stereocenters. The van der Waals surface area contributed by atoms with Crippen molar-refractivity contribution in [2.24, 2.45) is 0 Å². The van der Waals surface area contributed by atoms with Crippen LogP contribution in [0.15, 0.2) is 64.0 Å². The number of benzene rings is 2. The Morgan fingerprint density at radius 3 is 2.45 bits per heavy atom. The Hall–Kier alpha value is -2.69. The van der Waals surface area contributed by atoms with Gasteiger partial charge in [-0.3, -0.25) is 0 Å². The summed E-state index contributed by atoms with van der Waals surface area (Å²) in [4.78, 5) is 2.22. The lowest BCUT2D eigenvalue weighted by Gasteiger charge is -2.34. The molecule has 1 saturated heterocycles. The van der Waals surface area contributed by atoms with Gasteiger partial charge >= 0.3 is 0 Å². The van der Waals surface area contributed by atoms with Crippen molar-refractivity contribution in [2.45, 2.75) is 11.8 Å². The number of piperazine rings is 1. The molecule has 4 rings (SSSR count). The third-order valence-electron chi connectivity index (χ3n) is 5.40. The van der Waals surface area contributed by atoms with Crippen LogP contribution < -0.4 is 14.4 Å². The first-order valence-corrected chi connectivity index (χ1v) is 12.8. The average Bonchev–Trinajstić information content (AvgIpc) is 2.85. The highest BCUT2D eigenvalue weighted by molar-refractivity contribution is 9.10. The van der Waals surface area contributed by atoms with E-state index in [1.807, 2.05) is 48.2 Å². The molecule has 0 bridgehead atoms. The molecule has 3 aromatic rings. The molecule has 1 fully saturated rings. The Morgan fingerprint density at radius 1 is 1.00 bits per heavy atom. The molecule has 33 heavy (non-hydrogen) atoms. The molecule has 0 N–H and O–H groups in total. The lowest BCUT2D eigenvalue weighted by Crippen LogP contribution is -2.49. The van der Waals surface area contributed by atoms with Crippen molar-refractivity contribution in [3.8, 4) is 22.8 Å². The fraction of sp³-hybridized carbons (Fsp3) is 0.304. The van der Waals surface area contributed by atoms with Gasteiger partial charge in [-0.15, -0.1) is 10.2 Å². The van der Waals surface area contributed by atoms with Gasteiger partial charge in [0.1, 0.15) is 16.4 Å². The molecule has 0 spiro atoms. The maximum Gasteiger partial charge on any atom is 0.246 e. The second kappa shape index (κ2) is 10.1. The largest absolute Gasteiger partial charge is 0.497 e. The fourth-order valence-corrected chi connectivity index (χ4v) is 5.78. The van der Waals surface area contributed by atoms with Gasteiger partial charge in [-0.05, 0) is 49.4 Å². The normalized spacial score (nSPS) is 14.8. The predicted octanol–water partition coefficient (Wildman–Crippen LogP) is 3.82. The van der Waals surface area contributed by atoms with Crippen LogP contribution in [0.25, 0.3) is 11.3 Å². The number of sulfonamides is 1. The average molecular weight is 533 g/mol. The van der Waals surface area contributed by atoms with Gasteiger partial charge < -0.3 is 14.4 Å². The van der Waals surface area contributed by atoms with E-state index in [4.69, 9.17) is 9.47 Å². The molecule has 8 nitrogen and oxygen atoms in total. The van der Waals surface area contributed by atoms with Crippen molar-refractivity contribution in [1.82, 2.24) is 14.5 Å². The highest BCUT2D eigenvalue weighted by Crippen LogP contribution is 2.31. The number of halogens is 1. The van der Waals surface area contributed by atoms with E-state index in [0.717, 1.165) is 22.8 Å². The molecule has 174 valence electrons. The lowest BCUT2D eigenvalue weighted by molar-refractivity contribution is 0.327. The Bertz CT molecular complexity index is 1210. The maximum atomic E-state index is 13.3. The summed E-state index contributed by atoms with van der Waals surface area (Å²) in [7, 11) is -2.06. The Morgan fingerprint density at radius 2 is 1.79 bits per heavy atom. The summed E-state index contributed by atoms with van der Waals surface area (Å²) in [6.45, 7) is 3.95. The summed E-state index contributed by atoms with van der Waals surface area (Å²) < 4.78 is 39.6. The number of methoxy groups -OCH3 is 1. The quantitative estimate of drug-likeness (QED) is 0.457. The van der Waals surface area contributed by atoms with Crippen molar-refractivity contribution in [3.05, 3.63) is 59.1 Å². The first kappa shape index (κ1) is 23.5. The molecule has 0 radical (unpaired) electrons. The van der Waals surface area contributed by atoms with E-state index in [1.54, 1.807) is 25.3 Å². The van der Waals surface area contributed by atoms with Crippen LogP contribution in [0.2, 0.25) is 0 Å². The van der Waals surface area contributed by atoms with Crippen LogP contribution in [0, 0.1) is 0 Å². The minimum Gasteiger partial charge on any atom is -0.497 e. The molecule has 1 aromatic heterocycles. The van der Waals surface area contributed by atoms with Crippen LogP contribution in [-0.2, 0) is 10.0 Å². The monoisotopic (exact) mass is 532 g/mol. The number of ether oxygens (including phenoxy) is 2. The Kier molecular flexibility index (Phi) is 7.16. The number of rotatable bonds is 7. The van der Waals surface area contributed by atoms with Crippen LogP contribution in [0.3, 0.4) is 0 Å². The van der Waals surface area contributed by atoms with E-state index in [1.165, 1.54) is 4.31 Å². The van der Waals surface area contributed by atoms with Crippen LogP contribution >= 0.6 is 15.9 Å². The smallest absolute Gasteiger partial charge is 0.246 e. The number of nitrogens with zero attached hydrogens (tertiary/aromatic N) is 4. The molecule has 2 heterocycles. The van der Waals surface area contributed by atoms with Gasteiger partial charge in [0.05, 0.1) is 19.4 Å². The van der Waals surface area contributed by atoms with Crippen LogP contribution in [0.4, 0.5) is 5.82 Å². The van der Waals surface area contributed by atoms with Crippen LogP contribution in [0.1, 0.15) is 6.92 Å². The van der Waals surface area contributed by atoms with Crippen LogP contribution in [-0.4, -0.2) is 62.8 Å². The predicted molar refractivity (Wildman–Crippen MR) is 130 cm³/mol. The highest BCUT2D eigenvalue weighted by atomic mass is 79.9. The minimum atomic E-state index is -3.69. The fourth-order valence-electron chi connectivity index (χ4n) is 3.69. The van der Waals surface area contributed by atoms with Crippen molar-refractivity contribution in [2.75, 3.05) is 44.8 Å². The van der Waals surface area contributed by atoms with E-state index in [9.17, 15) is 8.42 Å². The van der Waals surface area contributed by atoms with Gasteiger partial charge in [0.25, 0.3) is 0 Å². The summed E-state index contributed by atoms with van der Waals surface area (Å²) in [6, 6.07) is 16.5. The van der Waals surface area contributed by atoms with Crippen molar-refractivity contribution < 1.29 is 17.9 Å². The Labute approximate surface area is 202 Å². The van der Waals surface area contributed by atoms with Gasteiger partial charge in [0.2, 0.25) is 10.0 Å². The molecule has 0 saturated carbocycles. The van der Waals surface area contributed by atoms with Crippen molar-refractivity contribution in [1.29, 1.82) is 0 Å². The second-order valence-electron chi connectivity index (χ2n) is 7.42. The molecular weight excluding hydrogens is 508 g/mol. The highest BCUT2D eigenvalue weighted by Gasteiger charge is 2.31. The molecule has 0 aliphatic carbocycles. The number of hydrogen-bond donors (Lipinski definition) is 0. The lowest BCUT2D eigenvalue weighted by atomic mass is 10.1. The zero-order valence-electron chi connectivity index (χ0n) is 18.4. The molecule has 10 heteroatoms. The van der Waals surface area contributed by atoms with E-state index >= 15 is 0 Å². The molecular formula is C23H25BrN4O4S. The van der Waals surface area contributed by atoms with Gasteiger partial charge in [-0.25, -0.2) is 8.42 Å². The van der Waals surface area contributed by atoms with Gasteiger partial charge in [0, 0.05) is 36.2 Å². The first-order chi connectivity index (χ1) is 15.9. The second-order valence-corrected chi connectivity index (χ2v) is 10.2. The summed E-state index contributed by atoms with van der Waals surface area (Å²) in [6.07, 6.45) is 0. The third kappa shape index (κ3) is 5.13. The van der Waals surface area contributed by atoms with E-state index in [0.29, 0.717) is 43.0 Å².